The van der Waals surface area contributed by atoms with Crippen LogP contribution in [0.25, 0.3) is 16.7 Å². The number of carbonyl (C=O) groups is 1. The molecule has 27 heavy (non-hydrogen) atoms. The van der Waals surface area contributed by atoms with E-state index in [9.17, 15) is 4.79 Å². The van der Waals surface area contributed by atoms with Crippen molar-refractivity contribution in [3.8, 4) is 5.69 Å². The summed E-state index contributed by atoms with van der Waals surface area (Å²) in [4.78, 5) is 18.8. The van der Waals surface area contributed by atoms with Crippen molar-refractivity contribution >= 4 is 45.7 Å². The molecule has 1 fully saturated rings. The Morgan fingerprint density at radius 3 is 2.37 bits per heavy atom. The third-order valence-corrected chi connectivity index (χ3v) is 5.92. The highest BCUT2D eigenvalue weighted by atomic mass is 35.5. The van der Waals surface area contributed by atoms with Gasteiger partial charge in [0.15, 0.2) is 0 Å². The first-order valence-corrected chi connectivity index (χ1v) is 9.83. The Kier molecular flexibility index (Phi) is 4.65. The van der Waals surface area contributed by atoms with Crippen molar-refractivity contribution in [1.29, 1.82) is 0 Å². The van der Waals surface area contributed by atoms with Crippen LogP contribution < -0.4 is 4.90 Å². The highest BCUT2D eigenvalue weighted by Crippen LogP contribution is 2.37. The van der Waals surface area contributed by atoms with E-state index in [1.165, 1.54) is 5.56 Å². The van der Waals surface area contributed by atoms with E-state index in [-0.39, 0.29) is 0 Å². The molecule has 1 aliphatic rings. The van der Waals surface area contributed by atoms with Gasteiger partial charge in [0, 0.05) is 53.4 Å². The van der Waals surface area contributed by atoms with Gasteiger partial charge in [-0.25, -0.2) is 4.98 Å². The second-order valence-corrected chi connectivity index (χ2v) is 7.99. The third-order valence-electron chi connectivity index (χ3n) is 5.38. The maximum atomic E-state index is 11.7. The molecule has 0 radical (unpaired) electrons. The number of nitrogens with zero attached hydrogens (tertiary/aromatic N) is 3. The SMILES string of the molecule is Cc1cc(N2CCC(=O)CC2)c2c(C)c(C)n(-c3ccc(Cl)cc3Cl)c2n1. The molecule has 1 aromatic carbocycles. The first kappa shape index (κ1) is 18.3. The Balaban J connectivity index is 1.97. The number of rotatable bonds is 2. The maximum Gasteiger partial charge on any atom is 0.147 e. The fourth-order valence-corrected chi connectivity index (χ4v) is 4.37. The van der Waals surface area contributed by atoms with Crippen LogP contribution in [0.5, 0.6) is 0 Å². The molecule has 0 aliphatic carbocycles. The highest BCUT2D eigenvalue weighted by Gasteiger charge is 2.24. The molecule has 3 aromatic rings. The summed E-state index contributed by atoms with van der Waals surface area (Å²) in [7, 11) is 0. The predicted octanol–water partition coefficient (Wildman–Crippen LogP) is 5.43. The van der Waals surface area contributed by atoms with E-state index in [1.807, 2.05) is 19.1 Å². The minimum Gasteiger partial charge on any atom is -0.370 e. The number of carbonyl (C=O) groups excluding carboxylic acids is 1. The van der Waals surface area contributed by atoms with Gasteiger partial charge in [0.1, 0.15) is 11.4 Å². The molecule has 1 aliphatic heterocycles. The molecular formula is C21H21Cl2N3O. The van der Waals surface area contributed by atoms with E-state index in [2.05, 4.69) is 29.4 Å². The van der Waals surface area contributed by atoms with E-state index in [0.717, 1.165) is 46.9 Å². The number of piperidine rings is 1. The zero-order valence-corrected chi connectivity index (χ0v) is 17.2. The Morgan fingerprint density at radius 2 is 1.70 bits per heavy atom. The second-order valence-electron chi connectivity index (χ2n) is 7.15. The normalized spacial score (nSPS) is 15.0. The number of hydrogen-bond acceptors (Lipinski definition) is 3. The van der Waals surface area contributed by atoms with Gasteiger partial charge >= 0.3 is 0 Å². The van der Waals surface area contributed by atoms with Crippen LogP contribution in [-0.4, -0.2) is 28.4 Å². The molecule has 0 amide bonds. The first-order chi connectivity index (χ1) is 12.9. The largest absolute Gasteiger partial charge is 0.370 e. The van der Waals surface area contributed by atoms with Crippen molar-refractivity contribution in [2.45, 2.75) is 33.6 Å². The number of halogens is 2. The molecule has 0 atom stereocenters. The molecule has 0 saturated carbocycles. The summed E-state index contributed by atoms with van der Waals surface area (Å²) in [6.07, 6.45) is 1.20. The fraction of sp³-hybridized carbons (Fsp3) is 0.333. The average molecular weight is 402 g/mol. The average Bonchev–Trinajstić information content (AvgIpc) is 2.86. The molecule has 2 aromatic heterocycles. The van der Waals surface area contributed by atoms with Crippen LogP contribution in [0.4, 0.5) is 5.69 Å². The predicted molar refractivity (Wildman–Crippen MR) is 112 cm³/mol. The number of benzene rings is 1. The zero-order valence-electron chi connectivity index (χ0n) is 15.6. The summed E-state index contributed by atoms with van der Waals surface area (Å²) in [5.74, 6) is 0.340. The van der Waals surface area contributed by atoms with Crippen LogP contribution in [0.1, 0.15) is 29.8 Å². The number of Topliss-reactive ketones (excluding diaryl/α,β-unsaturated/α-hetero) is 1. The lowest BCUT2D eigenvalue weighted by molar-refractivity contribution is -0.119. The van der Waals surface area contributed by atoms with Gasteiger partial charge in [0.25, 0.3) is 0 Å². The summed E-state index contributed by atoms with van der Waals surface area (Å²) in [5.41, 5.74) is 6.13. The summed E-state index contributed by atoms with van der Waals surface area (Å²) in [6, 6.07) is 7.65. The monoisotopic (exact) mass is 401 g/mol. The minimum absolute atomic E-state index is 0.340. The molecule has 3 heterocycles. The van der Waals surface area contributed by atoms with Gasteiger partial charge in [-0.2, -0.15) is 0 Å². The molecule has 0 unspecified atom stereocenters. The van der Waals surface area contributed by atoms with Gasteiger partial charge in [-0.15, -0.1) is 0 Å². The molecule has 1 saturated heterocycles. The summed E-state index contributed by atoms with van der Waals surface area (Å²) < 4.78 is 2.11. The van der Waals surface area contributed by atoms with E-state index in [1.54, 1.807) is 6.07 Å². The van der Waals surface area contributed by atoms with Crippen LogP contribution in [-0.2, 0) is 4.79 Å². The van der Waals surface area contributed by atoms with Crippen LogP contribution in [0.2, 0.25) is 10.0 Å². The molecular weight excluding hydrogens is 381 g/mol. The lowest BCUT2D eigenvalue weighted by Crippen LogP contribution is -2.34. The zero-order chi connectivity index (χ0) is 19.3. The van der Waals surface area contributed by atoms with Crippen molar-refractivity contribution in [1.82, 2.24) is 9.55 Å². The number of aromatic nitrogens is 2. The standard InChI is InChI=1S/C21H21Cl2N3O/c1-12-10-19(25-8-6-16(27)7-9-25)20-13(2)14(3)26(21(20)24-12)18-5-4-15(22)11-17(18)23/h4-5,10-11H,6-9H2,1-3H3. The van der Waals surface area contributed by atoms with E-state index in [0.29, 0.717) is 28.7 Å². The number of hydrogen-bond donors (Lipinski definition) is 0. The Labute approximate surface area is 168 Å². The summed E-state index contributed by atoms with van der Waals surface area (Å²) >= 11 is 12.6. The molecule has 0 bridgehead atoms. The topological polar surface area (TPSA) is 38.1 Å². The highest BCUT2D eigenvalue weighted by molar-refractivity contribution is 6.35. The molecule has 0 N–H and O–H groups in total. The van der Waals surface area contributed by atoms with Gasteiger partial charge < -0.3 is 4.90 Å². The number of pyridine rings is 1. The van der Waals surface area contributed by atoms with Gasteiger partial charge in [0.2, 0.25) is 0 Å². The van der Waals surface area contributed by atoms with Crippen molar-refractivity contribution in [2.75, 3.05) is 18.0 Å². The van der Waals surface area contributed by atoms with E-state index >= 15 is 0 Å². The third kappa shape index (κ3) is 3.11. The lowest BCUT2D eigenvalue weighted by atomic mass is 10.1. The Morgan fingerprint density at radius 1 is 1.00 bits per heavy atom. The van der Waals surface area contributed by atoms with E-state index in [4.69, 9.17) is 28.2 Å². The van der Waals surface area contributed by atoms with Crippen molar-refractivity contribution in [3.63, 3.8) is 0 Å². The van der Waals surface area contributed by atoms with Gasteiger partial charge in [-0.3, -0.25) is 9.36 Å². The molecule has 140 valence electrons. The number of aryl methyl sites for hydroxylation is 2. The number of anilines is 1. The number of ketones is 1. The molecule has 6 heteroatoms. The minimum atomic E-state index is 0.340. The smallest absolute Gasteiger partial charge is 0.147 e. The van der Waals surface area contributed by atoms with Crippen molar-refractivity contribution < 1.29 is 4.79 Å². The second kappa shape index (κ2) is 6.84. The molecule has 4 rings (SSSR count). The summed E-state index contributed by atoms with van der Waals surface area (Å²) in [5, 5.41) is 2.33. The summed E-state index contributed by atoms with van der Waals surface area (Å²) in [6.45, 7) is 7.71. The van der Waals surface area contributed by atoms with Crippen LogP contribution in [0.15, 0.2) is 24.3 Å². The Bertz CT molecular complexity index is 1060. The van der Waals surface area contributed by atoms with Crippen LogP contribution >= 0.6 is 23.2 Å². The van der Waals surface area contributed by atoms with Crippen LogP contribution in [0.3, 0.4) is 0 Å². The van der Waals surface area contributed by atoms with Gasteiger partial charge in [-0.05, 0) is 50.6 Å². The number of fused-ring (bicyclic) bond motifs is 1. The van der Waals surface area contributed by atoms with Crippen LogP contribution in [0, 0.1) is 20.8 Å². The van der Waals surface area contributed by atoms with Crippen molar-refractivity contribution in [2.24, 2.45) is 0 Å². The molecule has 0 spiro atoms. The van der Waals surface area contributed by atoms with E-state index < -0.39 is 0 Å². The fourth-order valence-electron chi connectivity index (χ4n) is 3.87. The van der Waals surface area contributed by atoms with Gasteiger partial charge in [-0.1, -0.05) is 23.2 Å². The maximum absolute atomic E-state index is 11.7. The quantitative estimate of drug-likeness (QED) is 0.574. The Hall–Kier alpha value is -2.04. The first-order valence-electron chi connectivity index (χ1n) is 9.08. The van der Waals surface area contributed by atoms with Gasteiger partial charge in [0.05, 0.1) is 10.7 Å². The van der Waals surface area contributed by atoms with Crippen molar-refractivity contribution in [3.05, 3.63) is 51.3 Å². The molecule has 4 nitrogen and oxygen atoms in total. The lowest BCUT2D eigenvalue weighted by Gasteiger charge is -2.29.